The van der Waals surface area contributed by atoms with E-state index in [1.807, 2.05) is 38.1 Å². The van der Waals surface area contributed by atoms with Gasteiger partial charge in [0.2, 0.25) is 11.8 Å². The summed E-state index contributed by atoms with van der Waals surface area (Å²) in [6.45, 7) is 5.85. The van der Waals surface area contributed by atoms with Gasteiger partial charge in [-0.15, -0.1) is 0 Å². The number of para-hydroxylation sites is 1. The maximum Gasteiger partial charge on any atom is 0.342 e. The number of hydrogen-bond donors (Lipinski definition) is 1. The second kappa shape index (κ2) is 8.90. The van der Waals surface area contributed by atoms with Crippen molar-refractivity contribution in [3.63, 3.8) is 0 Å². The van der Waals surface area contributed by atoms with E-state index in [9.17, 15) is 14.9 Å². The number of hydrogen-bond acceptors (Lipinski definition) is 6. The zero-order chi connectivity index (χ0) is 20.0. The Morgan fingerprint density at radius 1 is 1.22 bits per heavy atom. The largest absolute Gasteiger partial charge is 0.493 e. The van der Waals surface area contributed by atoms with Crippen LogP contribution < -0.4 is 10.1 Å². The third-order valence-corrected chi connectivity index (χ3v) is 4.04. The Hall–Kier alpha value is -3.27. The fourth-order valence-corrected chi connectivity index (χ4v) is 2.71. The van der Waals surface area contributed by atoms with E-state index >= 15 is 0 Å². The summed E-state index contributed by atoms with van der Waals surface area (Å²) in [6.07, 6.45) is 0.675. The number of nitrogens with zero attached hydrogens (tertiary/aromatic N) is 1. The van der Waals surface area contributed by atoms with E-state index in [-0.39, 0.29) is 35.1 Å². The Balaban J connectivity index is 1.93. The van der Waals surface area contributed by atoms with E-state index in [1.54, 1.807) is 0 Å². The third-order valence-electron chi connectivity index (χ3n) is 4.04. The van der Waals surface area contributed by atoms with Gasteiger partial charge in [0, 0.05) is 6.42 Å². The molecule has 0 aliphatic carbocycles. The van der Waals surface area contributed by atoms with Crippen LogP contribution >= 0.6 is 0 Å². The average molecular weight is 370 g/mol. The van der Waals surface area contributed by atoms with Crippen LogP contribution in [0.25, 0.3) is 0 Å². The van der Waals surface area contributed by atoms with Crippen molar-refractivity contribution in [2.75, 3.05) is 19.0 Å². The molecular weight excluding hydrogens is 348 g/mol. The Morgan fingerprint density at radius 2 is 1.89 bits per heavy atom. The van der Waals surface area contributed by atoms with E-state index in [4.69, 9.17) is 9.15 Å². The van der Waals surface area contributed by atoms with Crippen LogP contribution in [0.1, 0.15) is 45.7 Å². The van der Waals surface area contributed by atoms with Crippen molar-refractivity contribution in [3.05, 3.63) is 46.2 Å². The molecule has 1 aromatic heterocycles. The predicted octanol–water partition coefficient (Wildman–Crippen LogP) is 3.66. The van der Waals surface area contributed by atoms with E-state index in [1.165, 1.54) is 14.0 Å². The molecule has 1 amide bonds. The van der Waals surface area contributed by atoms with Crippen LogP contribution in [-0.4, -0.2) is 25.6 Å². The van der Waals surface area contributed by atoms with Crippen LogP contribution in [0.4, 0.5) is 5.88 Å². The van der Waals surface area contributed by atoms with E-state index < -0.39 is 5.97 Å². The Morgan fingerprint density at radius 3 is 2.48 bits per heavy atom. The van der Waals surface area contributed by atoms with Crippen LogP contribution in [-0.2, 0) is 9.53 Å². The fourth-order valence-electron chi connectivity index (χ4n) is 2.71. The summed E-state index contributed by atoms with van der Waals surface area (Å²) in [5, 5.41) is 11.8. The quantitative estimate of drug-likeness (QED) is 0.589. The van der Waals surface area contributed by atoms with Gasteiger partial charge in [-0.1, -0.05) is 18.2 Å². The lowest BCUT2D eigenvalue weighted by Crippen LogP contribution is -2.13. The molecule has 0 aliphatic heterocycles. The number of amides is 1. The molecule has 0 bridgehead atoms. The molecular formula is C20H22N2O5. The first-order valence-corrected chi connectivity index (χ1v) is 8.49. The summed E-state index contributed by atoms with van der Waals surface area (Å²) in [7, 11) is 1.21. The van der Waals surface area contributed by atoms with Crippen LogP contribution in [0.3, 0.4) is 0 Å². The molecule has 0 fully saturated rings. The van der Waals surface area contributed by atoms with E-state index in [0.717, 1.165) is 16.9 Å². The van der Waals surface area contributed by atoms with Gasteiger partial charge in [-0.3, -0.25) is 10.1 Å². The molecule has 0 radical (unpaired) electrons. The zero-order valence-electron chi connectivity index (χ0n) is 15.8. The maximum absolute atomic E-state index is 12.1. The van der Waals surface area contributed by atoms with Gasteiger partial charge in [0.25, 0.3) is 0 Å². The van der Waals surface area contributed by atoms with Crippen LogP contribution in [0.15, 0.2) is 22.6 Å². The van der Waals surface area contributed by atoms with Crippen molar-refractivity contribution in [1.82, 2.24) is 0 Å². The van der Waals surface area contributed by atoms with Crippen molar-refractivity contribution >= 4 is 17.8 Å². The van der Waals surface area contributed by atoms with Gasteiger partial charge in [0.05, 0.1) is 13.7 Å². The van der Waals surface area contributed by atoms with Crippen LogP contribution in [0.5, 0.6) is 5.75 Å². The van der Waals surface area contributed by atoms with Crippen molar-refractivity contribution < 1.29 is 23.5 Å². The summed E-state index contributed by atoms with van der Waals surface area (Å²) in [5.74, 6) is -0.0192. The minimum Gasteiger partial charge on any atom is -0.493 e. The number of carbonyl (C=O) groups is 2. The molecule has 2 rings (SSSR count). The smallest absolute Gasteiger partial charge is 0.342 e. The van der Waals surface area contributed by atoms with Crippen molar-refractivity contribution in [3.8, 4) is 11.8 Å². The predicted molar refractivity (Wildman–Crippen MR) is 98.8 cm³/mol. The molecule has 0 saturated carbocycles. The highest BCUT2D eigenvalue weighted by Crippen LogP contribution is 2.27. The lowest BCUT2D eigenvalue weighted by atomic mass is 10.1. The fraction of sp³-hybridized carbons (Fsp3) is 0.350. The lowest BCUT2D eigenvalue weighted by Gasteiger charge is -2.11. The standard InChI is InChI=1S/C20H22N2O5/c1-12-7-5-8-13(2)18(12)26-10-6-9-16(23)22-19-15(11-21)17(14(3)27-19)20(24)25-4/h5,7-8H,6,9-10H2,1-4H3,(H,22,23). The molecule has 27 heavy (non-hydrogen) atoms. The maximum atomic E-state index is 12.1. The molecule has 0 spiro atoms. The molecule has 7 nitrogen and oxygen atoms in total. The number of furan rings is 1. The van der Waals surface area contributed by atoms with Gasteiger partial charge < -0.3 is 13.9 Å². The molecule has 0 unspecified atom stereocenters. The first-order valence-electron chi connectivity index (χ1n) is 8.49. The normalized spacial score (nSPS) is 10.2. The number of carbonyl (C=O) groups excluding carboxylic acids is 2. The molecule has 1 N–H and O–H groups in total. The van der Waals surface area contributed by atoms with Gasteiger partial charge in [0.1, 0.15) is 28.7 Å². The molecule has 7 heteroatoms. The summed E-state index contributed by atoms with van der Waals surface area (Å²) >= 11 is 0. The topological polar surface area (TPSA) is 102 Å². The second-order valence-corrected chi connectivity index (χ2v) is 6.06. The molecule has 0 aliphatic rings. The number of aryl methyl sites for hydroxylation is 3. The number of methoxy groups -OCH3 is 1. The second-order valence-electron chi connectivity index (χ2n) is 6.06. The number of nitrogens with one attached hydrogen (secondary N) is 1. The highest BCUT2D eigenvalue weighted by molar-refractivity contribution is 5.98. The first kappa shape index (κ1) is 20.0. The monoisotopic (exact) mass is 370 g/mol. The van der Waals surface area contributed by atoms with Crippen molar-refractivity contribution in [2.45, 2.75) is 33.6 Å². The van der Waals surface area contributed by atoms with Gasteiger partial charge in [-0.2, -0.15) is 5.26 Å². The SMILES string of the molecule is COC(=O)c1c(C)oc(NC(=O)CCCOc2c(C)cccc2C)c1C#N. The molecule has 1 aromatic carbocycles. The van der Waals surface area contributed by atoms with Crippen molar-refractivity contribution in [1.29, 1.82) is 5.26 Å². The average Bonchev–Trinajstić information content (AvgIpc) is 2.94. The Kier molecular flexibility index (Phi) is 6.61. The number of anilines is 1. The number of rotatable bonds is 7. The van der Waals surface area contributed by atoms with Gasteiger partial charge >= 0.3 is 5.97 Å². The number of benzene rings is 1. The van der Waals surface area contributed by atoms with Gasteiger partial charge in [-0.05, 0) is 38.3 Å². The Bertz CT molecular complexity index is 872. The number of esters is 1. The van der Waals surface area contributed by atoms with E-state index in [2.05, 4.69) is 10.1 Å². The lowest BCUT2D eigenvalue weighted by molar-refractivity contribution is -0.116. The highest BCUT2D eigenvalue weighted by atomic mass is 16.5. The minimum absolute atomic E-state index is 0.0219. The summed E-state index contributed by atoms with van der Waals surface area (Å²) in [5.41, 5.74) is 2.06. The molecule has 2 aromatic rings. The third kappa shape index (κ3) is 4.67. The molecule has 1 heterocycles. The van der Waals surface area contributed by atoms with Crippen LogP contribution in [0, 0.1) is 32.1 Å². The zero-order valence-corrected chi connectivity index (χ0v) is 15.8. The molecule has 0 atom stereocenters. The Labute approximate surface area is 157 Å². The van der Waals surface area contributed by atoms with Crippen LogP contribution in [0.2, 0.25) is 0 Å². The number of ether oxygens (including phenoxy) is 2. The summed E-state index contributed by atoms with van der Waals surface area (Å²) < 4.78 is 15.8. The van der Waals surface area contributed by atoms with Gasteiger partial charge in [0.15, 0.2) is 0 Å². The van der Waals surface area contributed by atoms with Crippen molar-refractivity contribution in [2.24, 2.45) is 0 Å². The van der Waals surface area contributed by atoms with E-state index in [0.29, 0.717) is 13.0 Å². The summed E-state index contributed by atoms with van der Waals surface area (Å²) in [6, 6.07) is 7.77. The summed E-state index contributed by atoms with van der Waals surface area (Å²) in [4.78, 5) is 23.9. The van der Waals surface area contributed by atoms with Gasteiger partial charge in [-0.25, -0.2) is 4.79 Å². The molecule has 0 saturated heterocycles. The minimum atomic E-state index is -0.685. The first-order chi connectivity index (χ1) is 12.9. The molecule has 142 valence electrons. The highest BCUT2D eigenvalue weighted by Gasteiger charge is 2.25. The number of nitriles is 1.